The van der Waals surface area contributed by atoms with Gasteiger partial charge in [-0.2, -0.15) is 0 Å². The molecule has 0 saturated heterocycles. The van der Waals surface area contributed by atoms with Gasteiger partial charge < -0.3 is 9.64 Å². The van der Waals surface area contributed by atoms with Crippen LogP contribution in [0.1, 0.15) is 22.3 Å². The SMILES string of the molecule is COc1ccc(C)c2sc(N(CCCN(C)C)C(=O)c3ccc(Cl)cc3Cl)nc12.Cl. The van der Waals surface area contributed by atoms with E-state index in [2.05, 4.69) is 4.90 Å². The van der Waals surface area contributed by atoms with Gasteiger partial charge in [-0.05, 0) is 63.8 Å². The Bertz CT molecular complexity index is 1040. The van der Waals surface area contributed by atoms with Gasteiger partial charge in [-0.25, -0.2) is 4.98 Å². The maximum Gasteiger partial charge on any atom is 0.261 e. The van der Waals surface area contributed by atoms with Crippen LogP contribution in [0.3, 0.4) is 0 Å². The Kier molecular flexibility index (Phi) is 8.76. The maximum absolute atomic E-state index is 13.4. The molecule has 5 nitrogen and oxygen atoms in total. The lowest BCUT2D eigenvalue weighted by Crippen LogP contribution is -2.33. The zero-order valence-electron chi connectivity index (χ0n) is 17.2. The van der Waals surface area contributed by atoms with E-state index >= 15 is 0 Å². The number of rotatable bonds is 7. The fraction of sp³-hybridized carbons (Fsp3) is 0.333. The summed E-state index contributed by atoms with van der Waals surface area (Å²) in [7, 11) is 5.64. The zero-order valence-corrected chi connectivity index (χ0v) is 20.4. The number of nitrogens with zero attached hydrogens (tertiary/aromatic N) is 3. The number of hydrogen-bond acceptors (Lipinski definition) is 5. The summed E-state index contributed by atoms with van der Waals surface area (Å²) < 4.78 is 6.47. The fourth-order valence-corrected chi connectivity index (χ4v) is 4.58. The molecular formula is C21H24Cl3N3O2S. The number of benzene rings is 2. The van der Waals surface area contributed by atoms with Crippen molar-refractivity contribution in [1.82, 2.24) is 9.88 Å². The molecule has 1 heterocycles. The molecule has 0 fully saturated rings. The van der Waals surface area contributed by atoms with Gasteiger partial charge in [0.1, 0.15) is 11.3 Å². The standard InChI is InChI=1S/C21H23Cl2N3O2S.ClH/c1-13-6-9-17(28-4)18-19(13)29-21(24-18)26(11-5-10-25(2)3)20(27)15-8-7-14(22)12-16(15)23;/h6-9,12H,5,10-11H2,1-4H3;1H. The average molecular weight is 489 g/mol. The summed E-state index contributed by atoms with van der Waals surface area (Å²) in [5.74, 6) is 0.499. The van der Waals surface area contributed by atoms with E-state index in [1.54, 1.807) is 30.2 Å². The average Bonchev–Trinajstić information content (AvgIpc) is 3.11. The Hall–Kier alpha value is -1.57. The first kappa shape index (κ1) is 24.7. The molecule has 0 unspecified atom stereocenters. The van der Waals surface area contributed by atoms with Crippen molar-refractivity contribution >= 4 is 68.2 Å². The summed E-state index contributed by atoms with van der Waals surface area (Å²) >= 11 is 13.8. The molecule has 0 aliphatic heterocycles. The third-order valence-electron chi connectivity index (χ3n) is 4.54. The van der Waals surface area contributed by atoms with Crippen molar-refractivity contribution < 1.29 is 9.53 Å². The van der Waals surface area contributed by atoms with Crippen LogP contribution in [-0.4, -0.2) is 50.1 Å². The monoisotopic (exact) mass is 487 g/mol. The van der Waals surface area contributed by atoms with Gasteiger partial charge in [0.15, 0.2) is 5.13 Å². The first-order chi connectivity index (χ1) is 13.8. The summed E-state index contributed by atoms with van der Waals surface area (Å²) in [6.45, 7) is 3.40. The second-order valence-electron chi connectivity index (χ2n) is 7.00. The Morgan fingerprint density at radius 1 is 1.17 bits per heavy atom. The molecule has 0 N–H and O–H groups in total. The predicted octanol–water partition coefficient (Wildman–Crippen LogP) is 5.94. The van der Waals surface area contributed by atoms with Crippen molar-refractivity contribution in [2.24, 2.45) is 0 Å². The second-order valence-corrected chi connectivity index (χ2v) is 8.82. The first-order valence-corrected chi connectivity index (χ1v) is 10.7. The van der Waals surface area contributed by atoms with Gasteiger partial charge in [0.25, 0.3) is 5.91 Å². The molecule has 162 valence electrons. The van der Waals surface area contributed by atoms with Gasteiger partial charge in [-0.3, -0.25) is 9.69 Å². The van der Waals surface area contributed by atoms with E-state index in [0.717, 1.165) is 28.7 Å². The summed E-state index contributed by atoms with van der Waals surface area (Å²) in [6, 6.07) is 8.81. The van der Waals surface area contributed by atoms with Crippen LogP contribution in [0.5, 0.6) is 5.75 Å². The van der Waals surface area contributed by atoms with E-state index in [1.165, 1.54) is 11.3 Å². The number of carbonyl (C=O) groups is 1. The number of hydrogen-bond donors (Lipinski definition) is 0. The molecule has 9 heteroatoms. The number of carbonyl (C=O) groups excluding carboxylic acids is 1. The van der Waals surface area contributed by atoms with Crippen LogP contribution in [0.2, 0.25) is 10.0 Å². The minimum Gasteiger partial charge on any atom is -0.494 e. The summed E-state index contributed by atoms with van der Waals surface area (Å²) in [4.78, 5) is 21.9. The van der Waals surface area contributed by atoms with Crippen LogP contribution in [0, 0.1) is 6.92 Å². The Labute approximate surface area is 197 Å². The molecule has 1 amide bonds. The first-order valence-electron chi connectivity index (χ1n) is 9.17. The van der Waals surface area contributed by atoms with Crippen LogP contribution in [0.15, 0.2) is 30.3 Å². The molecule has 0 saturated carbocycles. The number of fused-ring (bicyclic) bond motifs is 1. The van der Waals surface area contributed by atoms with Crippen molar-refractivity contribution in [2.45, 2.75) is 13.3 Å². The maximum atomic E-state index is 13.4. The number of anilines is 1. The molecule has 1 aromatic heterocycles. The third kappa shape index (κ3) is 5.37. The topological polar surface area (TPSA) is 45.7 Å². The van der Waals surface area contributed by atoms with E-state index in [4.69, 9.17) is 32.9 Å². The highest BCUT2D eigenvalue weighted by atomic mass is 35.5. The van der Waals surface area contributed by atoms with E-state index in [1.807, 2.05) is 33.2 Å². The van der Waals surface area contributed by atoms with Gasteiger partial charge in [-0.15, -0.1) is 12.4 Å². The van der Waals surface area contributed by atoms with Gasteiger partial charge >= 0.3 is 0 Å². The largest absolute Gasteiger partial charge is 0.494 e. The normalized spacial score (nSPS) is 10.9. The Balaban J connectivity index is 0.00000320. The van der Waals surface area contributed by atoms with Gasteiger partial charge in [0.05, 0.1) is 22.4 Å². The highest BCUT2D eigenvalue weighted by Crippen LogP contribution is 2.37. The fourth-order valence-electron chi connectivity index (χ4n) is 3.02. The number of aryl methyl sites for hydroxylation is 1. The summed E-state index contributed by atoms with van der Waals surface area (Å²) in [6.07, 6.45) is 0.802. The van der Waals surface area contributed by atoms with Gasteiger partial charge in [0.2, 0.25) is 0 Å². The number of methoxy groups -OCH3 is 1. The number of amides is 1. The van der Waals surface area contributed by atoms with E-state index in [0.29, 0.717) is 33.0 Å². The summed E-state index contributed by atoms with van der Waals surface area (Å²) in [5, 5.41) is 1.45. The molecule has 2 aromatic carbocycles. The van der Waals surface area contributed by atoms with Crippen LogP contribution >= 0.6 is 46.9 Å². The van der Waals surface area contributed by atoms with Crippen molar-refractivity contribution in [2.75, 3.05) is 39.2 Å². The Morgan fingerprint density at radius 2 is 1.90 bits per heavy atom. The van der Waals surface area contributed by atoms with Crippen molar-refractivity contribution in [3.63, 3.8) is 0 Å². The van der Waals surface area contributed by atoms with Crippen molar-refractivity contribution in [1.29, 1.82) is 0 Å². The lowest BCUT2D eigenvalue weighted by molar-refractivity contribution is 0.0986. The molecule has 0 atom stereocenters. The zero-order chi connectivity index (χ0) is 21.1. The Morgan fingerprint density at radius 3 is 2.53 bits per heavy atom. The highest BCUT2D eigenvalue weighted by Gasteiger charge is 2.24. The second kappa shape index (κ2) is 10.6. The third-order valence-corrected chi connectivity index (χ3v) is 6.30. The van der Waals surface area contributed by atoms with Gasteiger partial charge in [0, 0.05) is 11.6 Å². The van der Waals surface area contributed by atoms with Crippen LogP contribution in [0.25, 0.3) is 10.2 Å². The van der Waals surface area contributed by atoms with Crippen molar-refractivity contribution in [3.8, 4) is 5.75 Å². The molecule has 0 bridgehead atoms. The lowest BCUT2D eigenvalue weighted by Gasteiger charge is -2.21. The molecule has 3 rings (SSSR count). The molecule has 30 heavy (non-hydrogen) atoms. The van der Waals surface area contributed by atoms with E-state index in [-0.39, 0.29) is 18.3 Å². The minimum atomic E-state index is -0.193. The number of ether oxygens (including phenoxy) is 1. The van der Waals surface area contributed by atoms with Crippen molar-refractivity contribution in [3.05, 3.63) is 51.5 Å². The van der Waals surface area contributed by atoms with Crippen LogP contribution < -0.4 is 9.64 Å². The minimum absolute atomic E-state index is 0. The number of thiazole rings is 1. The van der Waals surface area contributed by atoms with E-state index < -0.39 is 0 Å². The predicted molar refractivity (Wildman–Crippen MR) is 129 cm³/mol. The molecule has 0 spiro atoms. The van der Waals surface area contributed by atoms with Crippen LogP contribution in [-0.2, 0) is 0 Å². The summed E-state index contributed by atoms with van der Waals surface area (Å²) in [5.41, 5.74) is 2.26. The van der Waals surface area contributed by atoms with Gasteiger partial charge in [-0.1, -0.05) is 40.6 Å². The van der Waals surface area contributed by atoms with E-state index in [9.17, 15) is 4.79 Å². The molecule has 0 aliphatic carbocycles. The quantitative estimate of drug-likeness (QED) is 0.413. The lowest BCUT2D eigenvalue weighted by atomic mass is 10.2. The molecular weight excluding hydrogens is 465 g/mol. The highest BCUT2D eigenvalue weighted by molar-refractivity contribution is 7.22. The van der Waals surface area contributed by atoms with Crippen LogP contribution in [0.4, 0.5) is 5.13 Å². The molecule has 0 radical (unpaired) electrons. The number of halogens is 3. The molecule has 3 aromatic rings. The smallest absolute Gasteiger partial charge is 0.261 e. The number of aromatic nitrogens is 1. The molecule has 0 aliphatic rings.